The van der Waals surface area contributed by atoms with E-state index in [1.54, 1.807) is 0 Å². The zero-order chi connectivity index (χ0) is 31.2. The molecule has 9 aromatic rings. The minimum absolute atomic E-state index is 0.647. The third-order valence-corrected chi connectivity index (χ3v) is 8.86. The van der Waals surface area contributed by atoms with E-state index in [0.717, 1.165) is 33.2 Å². The summed E-state index contributed by atoms with van der Waals surface area (Å²) in [6.45, 7) is 0. The molecule has 0 aliphatic rings. The van der Waals surface area contributed by atoms with Gasteiger partial charge in [0.15, 0.2) is 17.5 Å². The van der Waals surface area contributed by atoms with Gasteiger partial charge in [0.05, 0.1) is 16.7 Å². The molecule has 0 unspecified atom stereocenters. The third-order valence-electron chi connectivity index (χ3n) is 8.86. The molecular weight excluding hydrogens is 573 g/mol. The van der Waals surface area contributed by atoms with E-state index in [-0.39, 0.29) is 0 Å². The van der Waals surface area contributed by atoms with E-state index in [4.69, 9.17) is 15.0 Å². The quantitative estimate of drug-likeness (QED) is 0.197. The number of hydrogen-bond acceptors (Lipinski definition) is 3. The number of nitrogens with zero attached hydrogens (tertiary/aromatic N) is 4. The van der Waals surface area contributed by atoms with E-state index in [9.17, 15) is 0 Å². The van der Waals surface area contributed by atoms with Gasteiger partial charge in [-0.05, 0) is 40.8 Å². The molecule has 47 heavy (non-hydrogen) atoms. The third kappa shape index (κ3) is 4.58. The highest BCUT2D eigenvalue weighted by Crippen LogP contribution is 2.41. The number of fused-ring (bicyclic) bond motifs is 4. The van der Waals surface area contributed by atoms with Crippen molar-refractivity contribution in [3.63, 3.8) is 0 Å². The number of para-hydroxylation sites is 1. The lowest BCUT2D eigenvalue weighted by Gasteiger charge is -2.15. The van der Waals surface area contributed by atoms with Crippen molar-refractivity contribution < 1.29 is 0 Å². The van der Waals surface area contributed by atoms with Gasteiger partial charge in [0.25, 0.3) is 0 Å². The minimum atomic E-state index is 0.647. The molecule has 220 valence electrons. The van der Waals surface area contributed by atoms with Crippen molar-refractivity contribution in [2.45, 2.75) is 0 Å². The molecule has 7 aromatic carbocycles. The smallest absolute Gasteiger partial charge is 0.164 e. The molecule has 0 aliphatic heterocycles. The van der Waals surface area contributed by atoms with Crippen LogP contribution < -0.4 is 0 Å². The van der Waals surface area contributed by atoms with Crippen LogP contribution in [0.5, 0.6) is 0 Å². The Morgan fingerprint density at radius 2 is 0.830 bits per heavy atom. The zero-order valence-corrected chi connectivity index (χ0v) is 25.5. The Balaban J connectivity index is 1.30. The van der Waals surface area contributed by atoms with Crippen LogP contribution in [0.15, 0.2) is 170 Å². The molecule has 0 bridgehead atoms. The maximum atomic E-state index is 5.06. The van der Waals surface area contributed by atoms with Crippen LogP contribution in [-0.4, -0.2) is 19.5 Å². The summed E-state index contributed by atoms with van der Waals surface area (Å²) in [4.78, 5) is 15.0. The molecule has 2 aromatic heterocycles. The molecule has 0 saturated carbocycles. The Bertz CT molecular complexity index is 2500. The molecule has 0 saturated heterocycles. The molecule has 0 spiro atoms. The highest BCUT2D eigenvalue weighted by Gasteiger charge is 2.20. The summed E-state index contributed by atoms with van der Waals surface area (Å²) in [6, 6.07) is 59.2. The Kier molecular flexibility index (Phi) is 6.43. The van der Waals surface area contributed by atoms with Crippen LogP contribution in [-0.2, 0) is 0 Å². The monoisotopic (exact) mass is 600 g/mol. The van der Waals surface area contributed by atoms with Crippen LogP contribution in [0.25, 0.3) is 83.6 Å². The Labute approximate surface area is 272 Å². The molecule has 0 radical (unpaired) electrons. The van der Waals surface area contributed by atoms with Gasteiger partial charge in [-0.1, -0.05) is 146 Å². The van der Waals surface area contributed by atoms with Crippen molar-refractivity contribution in [1.82, 2.24) is 19.5 Å². The summed E-state index contributed by atoms with van der Waals surface area (Å²) < 4.78 is 2.40. The van der Waals surface area contributed by atoms with Gasteiger partial charge < -0.3 is 4.57 Å². The van der Waals surface area contributed by atoms with Crippen molar-refractivity contribution in [2.24, 2.45) is 0 Å². The van der Waals surface area contributed by atoms with Crippen molar-refractivity contribution in [3.05, 3.63) is 170 Å². The topological polar surface area (TPSA) is 43.6 Å². The van der Waals surface area contributed by atoms with E-state index >= 15 is 0 Å². The van der Waals surface area contributed by atoms with Gasteiger partial charge in [-0.25, -0.2) is 15.0 Å². The van der Waals surface area contributed by atoms with Gasteiger partial charge >= 0.3 is 0 Å². The first-order valence-corrected chi connectivity index (χ1v) is 15.8. The molecule has 0 fully saturated rings. The Morgan fingerprint density at radius 1 is 0.319 bits per heavy atom. The fraction of sp³-hybridized carbons (Fsp3) is 0. The summed E-state index contributed by atoms with van der Waals surface area (Å²) in [6.07, 6.45) is 0. The first-order valence-electron chi connectivity index (χ1n) is 15.8. The van der Waals surface area contributed by atoms with E-state index in [1.165, 1.54) is 32.9 Å². The average molecular weight is 601 g/mol. The molecule has 9 rings (SSSR count). The highest BCUT2D eigenvalue weighted by atomic mass is 15.0. The average Bonchev–Trinajstić information content (AvgIpc) is 3.50. The highest BCUT2D eigenvalue weighted by molar-refractivity contribution is 6.16. The van der Waals surface area contributed by atoms with Crippen LogP contribution in [0.2, 0.25) is 0 Å². The largest absolute Gasteiger partial charge is 0.309 e. The number of benzene rings is 7. The number of hydrogen-bond donors (Lipinski definition) is 0. The van der Waals surface area contributed by atoms with Gasteiger partial charge in [-0.2, -0.15) is 0 Å². The van der Waals surface area contributed by atoms with Gasteiger partial charge in [0.2, 0.25) is 0 Å². The normalized spacial score (nSPS) is 11.4. The summed E-state index contributed by atoms with van der Waals surface area (Å²) in [5, 5.41) is 4.69. The Morgan fingerprint density at radius 3 is 1.49 bits per heavy atom. The maximum absolute atomic E-state index is 5.06. The van der Waals surface area contributed by atoms with Crippen molar-refractivity contribution in [2.75, 3.05) is 0 Å². The molecule has 2 heterocycles. The lowest BCUT2D eigenvalue weighted by atomic mass is 9.99. The molecule has 4 heteroatoms. The maximum Gasteiger partial charge on any atom is 0.164 e. The van der Waals surface area contributed by atoms with Gasteiger partial charge in [0.1, 0.15) is 0 Å². The van der Waals surface area contributed by atoms with Crippen LogP contribution >= 0.6 is 0 Å². The fourth-order valence-electron chi connectivity index (χ4n) is 6.74. The van der Waals surface area contributed by atoms with Crippen LogP contribution in [0.3, 0.4) is 0 Å². The molecule has 4 nitrogen and oxygen atoms in total. The second-order valence-corrected chi connectivity index (χ2v) is 11.6. The van der Waals surface area contributed by atoms with Crippen molar-refractivity contribution in [1.29, 1.82) is 0 Å². The second-order valence-electron chi connectivity index (χ2n) is 11.6. The molecule has 0 aliphatic carbocycles. The first kappa shape index (κ1) is 27.0. The van der Waals surface area contributed by atoms with Gasteiger partial charge in [0, 0.05) is 32.8 Å². The molecule has 0 N–H and O–H groups in total. The predicted octanol–water partition coefficient (Wildman–Crippen LogP) is 10.8. The van der Waals surface area contributed by atoms with E-state index < -0.39 is 0 Å². The van der Waals surface area contributed by atoms with Crippen molar-refractivity contribution in [3.8, 4) is 51.0 Å². The molecule has 0 amide bonds. The molecular formula is C43H28N4. The summed E-state index contributed by atoms with van der Waals surface area (Å²) in [5.74, 6) is 1.95. The van der Waals surface area contributed by atoms with Crippen LogP contribution in [0.1, 0.15) is 0 Å². The SMILES string of the molecule is c1ccc(-c2nc(-c3ccccc3)nc(-c3ccc(-n4c5ccccc5c5c(-c6ccccc6)cccc54)c4ccccc34)n2)cc1. The summed E-state index contributed by atoms with van der Waals surface area (Å²) >= 11 is 0. The lowest BCUT2D eigenvalue weighted by molar-refractivity contribution is 1.08. The Hall–Kier alpha value is -6.39. The van der Waals surface area contributed by atoms with Crippen molar-refractivity contribution >= 4 is 32.6 Å². The minimum Gasteiger partial charge on any atom is -0.309 e. The second kappa shape index (κ2) is 11.2. The zero-order valence-electron chi connectivity index (χ0n) is 25.5. The fourth-order valence-corrected chi connectivity index (χ4v) is 6.74. The standard InChI is InChI=1S/C43H28N4/c1-4-15-29(16-5-1)32-24-14-26-39-40(32)36-23-12-13-25-37(36)47(39)38-28-27-35(33-21-10-11-22-34(33)38)43-45-41(30-17-6-2-7-18-30)44-42(46-43)31-19-8-3-9-20-31/h1-28H. The van der Waals surface area contributed by atoms with Crippen LogP contribution in [0, 0.1) is 0 Å². The number of rotatable bonds is 5. The van der Waals surface area contributed by atoms with E-state index in [2.05, 4.69) is 114 Å². The number of aromatic nitrogens is 4. The van der Waals surface area contributed by atoms with E-state index in [1.807, 2.05) is 60.7 Å². The van der Waals surface area contributed by atoms with Gasteiger partial charge in [-0.3, -0.25) is 0 Å². The van der Waals surface area contributed by atoms with E-state index in [0.29, 0.717) is 17.5 Å². The van der Waals surface area contributed by atoms with Gasteiger partial charge in [-0.15, -0.1) is 0 Å². The van der Waals surface area contributed by atoms with Crippen LogP contribution in [0.4, 0.5) is 0 Å². The lowest BCUT2D eigenvalue weighted by Crippen LogP contribution is -2.01. The molecule has 0 atom stereocenters. The predicted molar refractivity (Wildman–Crippen MR) is 193 cm³/mol. The summed E-state index contributed by atoms with van der Waals surface area (Å²) in [7, 11) is 0. The first-order chi connectivity index (χ1) is 23.3. The summed E-state index contributed by atoms with van der Waals surface area (Å²) in [5.41, 5.74) is 8.76.